The molecule has 17 heavy (non-hydrogen) atoms. The van der Waals surface area contributed by atoms with Crippen molar-refractivity contribution in [2.45, 2.75) is 18.9 Å². The third kappa shape index (κ3) is 2.96. The van der Waals surface area contributed by atoms with Crippen LogP contribution in [-0.2, 0) is 11.2 Å². The van der Waals surface area contributed by atoms with Gasteiger partial charge in [-0.1, -0.05) is 6.07 Å². The van der Waals surface area contributed by atoms with Gasteiger partial charge in [-0.3, -0.25) is 0 Å². The molecule has 1 aromatic rings. The first-order chi connectivity index (χ1) is 8.20. The maximum atomic E-state index is 13.5. The van der Waals surface area contributed by atoms with E-state index < -0.39 is 0 Å². The van der Waals surface area contributed by atoms with Gasteiger partial charge < -0.3 is 15.2 Å². The van der Waals surface area contributed by atoms with Gasteiger partial charge in [-0.2, -0.15) is 0 Å². The number of hydrogen-bond acceptors (Lipinski definition) is 3. The smallest absolute Gasteiger partial charge is 0.165 e. The summed E-state index contributed by atoms with van der Waals surface area (Å²) in [5.41, 5.74) is 6.96. The molecule has 3 nitrogen and oxygen atoms in total. The predicted octanol–water partition coefficient (Wildman–Crippen LogP) is 1.74. The highest BCUT2D eigenvalue weighted by molar-refractivity contribution is 5.29. The normalized spacial score (nSPS) is 24.6. The highest BCUT2D eigenvalue weighted by Gasteiger charge is 2.22. The van der Waals surface area contributed by atoms with E-state index in [1.54, 1.807) is 6.07 Å². The van der Waals surface area contributed by atoms with Crippen molar-refractivity contribution in [3.8, 4) is 5.75 Å². The Kier molecular flexibility index (Phi) is 3.97. The summed E-state index contributed by atoms with van der Waals surface area (Å²) >= 11 is 0. The lowest BCUT2D eigenvalue weighted by Crippen LogP contribution is -2.39. The Labute approximate surface area is 101 Å². The van der Waals surface area contributed by atoms with Gasteiger partial charge in [0.2, 0.25) is 0 Å². The lowest BCUT2D eigenvalue weighted by atomic mass is 9.90. The van der Waals surface area contributed by atoms with E-state index in [2.05, 4.69) is 0 Å². The average Bonchev–Trinajstić information content (AvgIpc) is 2.32. The SMILES string of the molecule is COc1ccc(CC2COCCC2N)cc1F. The van der Waals surface area contributed by atoms with E-state index in [0.29, 0.717) is 6.61 Å². The number of hydrogen-bond donors (Lipinski definition) is 1. The largest absolute Gasteiger partial charge is 0.494 e. The Bertz CT molecular complexity index is 384. The quantitative estimate of drug-likeness (QED) is 0.873. The second-order valence-corrected chi connectivity index (χ2v) is 4.46. The highest BCUT2D eigenvalue weighted by atomic mass is 19.1. The molecule has 2 atom stereocenters. The van der Waals surface area contributed by atoms with Crippen LogP contribution >= 0.6 is 0 Å². The van der Waals surface area contributed by atoms with Crippen LogP contribution in [0.25, 0.3) is 0 Å². The number of benzene rings is 1. The van der Waals surface area contributed by atoms with Crippen molar-refractivity contribution in [1.82, 2.24) is 0 Å². The summed E-state index contributed by atoms with van der Waals surface area (Å²) in [5, 5.41) is 0. The molecule has 0 spiro atoms. The molecule has 0 saturated carbocycles. The zero-order valence-corrected chi connectivity index (χ0v) is 9.99. The third-order valence-corrected chi connectivity index (χ3v) is 3.25. The monoisotopic (exact) mass is 239 g/mol. The van der Waals surface area contributed by atoms with Gasteiger partial charge in [0.05, 0.1) is 13.7 Å². The van der Waals surface area contributed by atoms with Crippen LogP contribution in [0.15, 0.2) is 18.2 Å². The Morgan fingerprint density at radius 3 is 3.00 bits per heavy atom. The van der Waals surface area contributed by atoms with Gasteiger partial charge in [-0.25, -0.2) is 4.39 Å². The summed E-state index contributed by atoms with van der Waals surface area (Å²) in [7, 11) is 1.46. The summed E-state index contributed by atoms with van der Waals surface area (Å²) < 4.78 is 23.8. The van der Waals surface area contributed by atoms with Gasteiger partial charge in [-0.05, 0) is 30.5 Å². The van der Waals surface area contributed by atoms with Crippen molar-refractivity contribution in [3.05, 3.63) is 29.6 Å². The van der Waals surface area contributed by atoms with Gasteiger partial charge in [0.1, 0.15) is 0 Å². The minimum absolute atomic E-state index is 0.147. The lowest BCUT2D eigenvalue weighted by molar-refractivity contribution is 0.0422. The molecule has 2 rings (SSSR count). The van der Waals surface area contributed by atoms with E-state index in [1.807, 2.05) is 6.07 Å². The molecule has 1 heterocycles. The zero-order chi connectivity index (χ0) is 12.3. The van der Waals surface area contributed by atoms with E-state index in [1.165, 1.54) is 13.2 Å². The molecule has 1 aromatic carbocycles. The first kappa shape index (κ1) is 12.3. The highest BCUT2D eigenvalue weighted by Crippen LogP contribution is 2.22. The summed E-state index contributed by atoms with van der Waals surface area (Å²) in [5.74, 6) is 0.227. The van der Waals surface area contributed by atoms with Crippen LogP contribution in [-0.4, -0.2) is 26.4 Å². The van der Waals surface area contributed by atoms with Crippen molar-refractivity contribution in [2.75, 3.05) is 20.3 Å². The lowest BCUT2D eigenvalue weighted by Gasteiger charge is -2.28. The van der Waals surface area contributed by atoms with E-state index in [4.69, 9.17) is 15.2 Å². The fourth-order valence-corrected chi connectivity index (χ4v) is 2.16. The van der Waals surface area contributed by atoms with Gasteiger partial charge in [0, 0.05) is 18.6 Å². The maximum absolute atomic E-state index is 13.5. The number of halogens is 1. The summed E-state index contributed by atoms with van der Waals surface area (Å²) in [6, 6.07) is 5.19. The molecule has 94 valence electrons. The Hall–Kier alpha value is -1.13. The zero-order valence-electron chi connectivity index (χ0n) is 9.99. The van der Waals surface area contributed by atoms with Crippen LogP contribution in [0, 0.1) is 11.7 Å². The first-order valence-corrected chi connectivity index (χ1v) is 5.86. The minimum Gasteiger partial charge on any atom is -0.494 e. The topological polar surface area (TPSA) is 44.5 Å². The minimum atomic E-state index is -0.324. The number of ether oxygens (including phenoxy) is 2. The number of nitrogens with two attached hydrogens (primary N) is 1. The summed E-state index contributed by atoms with van der Waals surface area (Å²) in [6.45, 7) is 1.39. The third-order valence-electron chi connectivity index (χ3n) is 3.25. The van der Waals surface area contributed by atoms with Crippen molar-refractivity contribution in [1.29, 1.82) is 0 Å². The maximum Gasteiger partial charge on any atom is 0.165 e. The molecule has 0 amide bonds. The molecule has 1 aliphatic rings. The van der Waals surface area contributed by atoms with Crippen LogP contribution in [0.1, 0.15) is 12.0 Å². The molecular formula is C13H18FNO2. The van der Waals surface area contributed by atoms with Gasteiger partial charge in [-0.15, -0.1) is 0 Å². The molecule has 1 aliphatic heterocycles. The van der Waals surface area contributed by atoms with Crippen LogP contribution in [0.5, 0.6) is 5.75 Å². The molecule has 0 aromatic heterocycles. The Morgan fingerprint density at radius 2 is 2.35 bits per heavy atom. The second-order valence-electron chi connectivity index (χ2n) is 4.46. The molecule has 0 bridgehead atoms. The van der Waals surface area contributed by atoms with Crippen LogP contribution in [0.2, 0.25) is 0 Å². The van der Waals surface area contributed by atoms with E-state index in [0.717, 1.165) is 25.0 Å². The molecule has 0 aliphatic carbocycles. The molecule has 1 fully saturated rings. The molecule has 2 N–H and O–H groups in total. The van der Waals surface area contributed by atoms with E-state index in [-0.39, 0.29) is 23.5 Å². The average molecular weight is 239 g/mol. The summed E-state index contributed by atoms with van der Waals surface area (Å²) in [6.07, 6.45) is 1.63. The van der Waals surface area contributed by atoms with E-state index >= 15 is 0 Å². The first-order valence-electron chi connectivity index (χ1n) is 5.86. The van der Waals surface area contributed by atoms with Crippen molar-refractivity contribution in [2.24, 2.45) is 11.7 Å². The molecule has 2 unspecified atom stereocenters. The van der Waals surface area contributed by atoms with Crippen LogP contribution in [0.4, 0.5) is 4.39 Å². The predicted molar refractivity (Wildman–Crippen MR) is 63.6 cm³/mol. The van der Waals surface area contributed by atoms with Gasteiger partial charge in [0.15, 0.2) is 11.6 Å². The van der Waals surface area contributed by atoms with Crippen molar-refractivity contribution >= 4 is 0 Å². The fraction of sp³-hybridized carbons (Fsp3) is 0.538. The van der Waals surface area contributed by atoms with Gasteiger partial charge >= 0.3 is 0 Å². The molecule has 1 saturated heterocycles. The molecular weight excluding hydrogens is 221 g/mol. The molecule has 4 heteroatoms. The number of methoxy groups -OCH3 is 1. The van der Waals surface area contributed by atoms with E-state index in [9.17, 15) is 4.39 Å². The second kappa shape index (κ2) is 5.47. The fourth-order valence-electron chi connectivity index (χ4n) is 2.16. The van der Waals surface area contributed by atoms with Crippen molar-refractivity contribution in [3.63, 3.8) is 0 Å². The summed E-state index contributed by atoms with van der Waals surface area (Å²) in [4.78, 5) is 0. The number of rotatable bonds is 3. The van der Waals surface area contributed by atoms with Crippen molar-refractivity contribution < 1.29 is 13.9 Å². The standard InChI is InChI=1S/C13H18FNO2/c1-16-13-3-2-9(7-11(13)14)6-10-8-17-5-4-12(10)15/h2-3,7,10,12H,4-6,8,15H2,1H3. The van der Waals surface area contributed by atoms with Crippen LogP contribution in [0.3, 0.4) is 0 Å². The molecule has 0 radical (unpaired) electrons. The van der Waals surface area contributed by atoms with Gasteiger partial charge in [0.25, 0.3) is 0 Å². The Balaban J connectivity index is 2.05. The Morgan fingerprint density at radius 1 is 1.53 bits per heavy atom. The van der Waals surface area contributed by atoms with Crippen LogP contribution < -0.4 is 10.5 Å².